The number of hydrogen-bond acceptors (Lipinski definition) is 9. The van der Waals surface area contributed by atoms with Crippen LogP contribution >= 0.6 is 0 Å². The minimum Gasteiger partial charge on any atom is -0.454 e. The first-order valence-electron chi connectivity index (χ1n) is 13.3. The lowest BCUT2D eigenvalue weighted by molar-refractivity contribution is -0.0000295. The van der Waals surface area contributed by atoms with E-state index >= 15 is 0 Å². The van der Waals surface area contributed by atoms with Gasteiger partial charge in [-0.25, -0.2) is 4.98 Å². The molecule has 1 fully saturated rings. The number of nitrogens with zero attached hydrogens (tertiary/aromatic N) is 6. The molecule has 40 heavy (non-hydrogen) atoms. The number of aryl methyl sites for hydroxylation is 1. The molecule has 206 valence electrons. The van der Waals surface area contributed by atoms with E-state index in [9.17, 15) is 15.3 Å². The minimum atomic E-state index is -0.442. The van der Waals surface area contributed by atoms with Crippen LogP contribution in [-0.4, -0.2) is 40.7 Å². The Labute approximate surface area is 233 Å². The molecular weight excluding hydrogens is 508 g/mol. The molecule has 10 nitrogen and oxygen atoms in total. The van der Waals surface area contributed by atoms with Crippen LogP contribution < -0.4 is 19.9 Å². The minimum absolute atomic E-state index is 0.0309. The summed E-state index contributed by atoms with van der Waals surface area (Å²) in [6.45, 7) is 6.10. The van der Waals surface area contributed by atoms with E-state index in [1.807, 2.05) is 50.9 Å². The van der Waals surface area contributed by atoms with Crippen molar-refractivity contribution in [1.29, 1.82) is 10.5 Å². The van der Waals surface area contributed by atoms with Crippen molar-refractivity contribution in [2.45, 2.75) is 58.1 Å². The van der Waals surface area contributed by atoms with E-state index in [4.69, 9.17) is 14.3 Å². The molecule has 1 aromatic carbocycles. The van der Waals surface area contributed by atoms with Gasteiger partial charge in [0.1, 0.15) is 34.5 Å². The standard InChI is InChI=1S/C30H32N6O4/c1-30(2,3)40-34-26(19-8-13-24-25(14-19)39-17-38-24)18-6-10-21(11-7-18)35(4)28-22(16-32)29(37)36(5)23-12-9-20(15-31)33-27(23)28/h8-9,12-14,18,21H,6-7,10-11,17H2,1-5H3/b34-26+. The van der Waals surface area contributed by atoms with Crippen LogP contribution in [0.4, 0.5) is 5.69 Å². The monoisotopic (exact) mass is 540 g/mol. The summed E-state index contributed by atoms with van der Waals surface area (Å²) in [5, 5.41) is 24.0. The highest BCUT2D eigenvalue weighted by Crippen LogP contribution is 2.38. The quantitative estimate of drug-likeness (QED) is 0.339. The topological polar surface area (TPSA) is 126 Å². The van der Waals surface area contributed by atoms with Crippen LogP contribution in [0.5, 0.6) is 11.5 Å². The molecular formula is C30H32N6O4. The molecule has 0 amide bonds. The molecule has 1 aliphatic carbocycles. The summed E-state index contributed by atoms with van der Waals surface area (Å²) in [6.07, 6.45) is 3.27. The second-order valence-electron chi connectivity index (χ2n) is 11.2. The summed E-state index contributed by atoms with van der Waals surface area (Å²) < 4.78 is 12.5. The summed E-state index contributed by atoms with van der Waals surface area (Å²) in [5.41, 5.74) is 2.77. The lowest BCUT2D eigenvalue weighted by Crippen LogP contribution is -2.39. The summed E-state index contributed by atoms with van der Waals surface area (Å²) in [7, 11) is 3.52. The lowest BCUT2D eigenvalue weighted by Gasteiger charge is -2.37. The molecule has 2 aromatic heterocycles. The third-order valence-electron chi connectivity index (χ3n) is 7.51. The van der Waals surface area contributed by atoms with Crippen LogP contribution in [0.1, 0.15) is 63.3 Å². The molecule has 0 N–H and O–H groups in total. The van der Waals surface area contributed by atoms with Gasteiger partial charge >= 0.3 is 0 Å². The van der Waals surface area contributed by atoms with Gasteiger partial charge in [-0.1, -0.05) is 5.16 Å². The van der Waals surface area contributed by atoms with E-state index in [0.717, 1.165) is 37.0 Å². The number of aromatic nitrogens is 2. The molecule has 10 heteroatoms. The maximum Gasteiger partial charge on any atom is 0.270 e. The normalized spacial score (nSPS) is 18.7. The van der Waals surface area contributed by atoms with Gasteiger partial charge in [0.25, 0.3) is 5.56 Å². The fourth-order valence-electron chi connectivity index (χ4n) is 5.42. The van der Waals surface area contributed by atoms with E-state index in [2.05, 4.69) is 22.3 Å². The van der Waals surface area contributed by atoms with E-state index < -0.39 is 5.60 Å². The highest BCUT2D eigenvalue weighted by molar-refractivity contribution is 6.02. The Morgan fingerprint density at radius 2 is 1.82 bits per heavy atom. The smallest absolute Gasteiger partial charge is 0.270 e. The van der Waals surface area contributed by atoms with Gasteiger partial charge in [0, 0.05) is 31.6 Å². The van der Waals surface area contributed by atoms with Crippen LogP contribution in [0.15, 0.2) is 40.3 Å². The molecule has 1 aliphatic heterocycles. The predicted molar refractivity (Wildman–Crippen MR) is 151 cm³/mol. The van der Waals surface area contributed by atoms with Gasteiger partial charge < -0.3 is 23.8 Å². The second kappa shape index (κ2) is 10.5. The predicted octanol–water partition coefficient (Wildman–Crippen LogP) is 4.62. The lowest BCUT2D eigenvalue weighted by atomic mass is 9.80. The van der Waals surface area contributed by atoms with Gasteiger partial charge in [-0.2, -0.15) is 10.5 Å². The number of ether oxygens (including phenoxy) is 2. The largest absolute Gasteiger partial charge is 0.454 e. The van der Waals surface area contributed by atoms with Crippen LogP contribution in [0.3, 0.4) is 0 Å². The number of fused-ring (bicyclic) bond motifs is 2. The fraction of sp³-hybridized carbons (Fsp3) is 0.433. The van der Waals surface area contributed by atoms with Crippen LogP contribution in [-0.2, 0) is 11.9 Å². The molecule has 0 saturated heterocycles. The van der Waals surface area contributed by atoms with Gasteiger partial charge in [0.05, 0.1) is 16.9 Å². The van der Waals surface area contributed by atoms with Crippen LogP contribution in [0.2, 0.25) is 0 Å². The summed E-state index contributed by atoms with van der Waals surface area (Å²) >= 11 is 0. The molecule has 0 radical (unpaired) electrons. The van der Waals surface area contributed by atoms with Gasteiger partial charge in [-0.3, -0.25) is 4.79 Å². The first-order chi connectivity index (χ1) is 19.1. The second-order valence-corrected chi connectivity index (χ2v) is 11.2. The molecule has 1 saturated carbocycles. The Hall–Kier alpha value is -4.57. The van der Waals surface area contributed by atoms with Crippen molar-refractivity contribution in [2.75, 3.05) is 18.7 Å². The molecule has 2 aliphatic rings. The Kier molecular flexibility index (Phi) is 7.12. The molecule has 0 unspecified atom stereocenters. The van der Waals surface area contributed by atoms with Crippen molar-refractivity contribution < 1.29 is 14.3 Å². The maximum absolute atomic E-state index is 13.1. The zero-order valence-electron chi connectivity index (χ0n) is 23.4. The van der Waals surface area contributed by atoms with Gasteiger partial charge in [-0.15, -0.1) is 0 Å². The molecule has 3 aromatic rings. The number of anilines is 1. The van der Waals surface area contributed by atoms with E-state index in [0.29, 0.717) is 28.2 Å². The summed E-state index contributed by atoms with van der Waals surface area (Å²) in [5.74, 6) is 1.56. The van der Waals surface area contributed by atoms with Crippen molar-refractivity contribution in [3.63, 3.8) is 0 Å². The molecule has 0 atom stereocenters. The van der Waals surface area contributed by atoms with E-state index in [-0.39, 0.29) is 35.6 Å². The zero-order chi connectivity index (χ0) is 28.6. The Balaban J connectivity index is 1.45. The van der Waals surface area contributed by atoms with Gasteiger partial charge in [0.2, 0.25) is 6.79 Å². The molecule has 3 heterocycles. The third kappa shape index (κ3) is 5.05. The zero-order valence-corrected chi connectivity index (χ0v) is 23.4. The number of oxime groups is 1. The Morgan fingerprint density at radius 1 is 1.10 bits per heavy atom. The summed E-state index contributed by atoms with van der Waals surface area (Å²) in [4.78, 5) is 25.5. The van der Waals surface area contributed by atoms with E-state index in [1.165, 1.54) is 4.57 Å². The Morgan fingerprint density at radius 3 is 2.50 bits per heavy atom. The van der Waals surface area contributed by atoms with Crippen molar-refractivity contribution in [3.05, 3.63) is 57.5 Å². The Bertz CT molecular complexity index is 1630. The number of pyridine rings is 2. The van der Waals surface area contributed by atoms with Crippen LogP contribution in [0, 0.1) is 28.6 Å². The van der Waals surface area contributed by atoms with Crippen molar-refractivity contribution in [2.24, 2.45) is 18.1 Å². The van der Waals surface area contributed by atoms with E-state index in [1.54, 1.807) is 19.2 Å². The maximum atomic E-state index is 13.1. The SMILES string of the molecule is CN(c1c(C#N)c(=O)n(C)c2ccc(C#N)nc12)C1CCC(/C(=N\OC(C)(C)C)c2ccc3c(c2)OCO3)CC1. The summed E-state index contributed by atoms with van der Waals surface area (Å²) in [6, 6.07) is 13.4. The average molecular weight is 541 g/mol. The number of rotatable bonds is 5. The van der Waals surface area contributed by atoms with Crippen molar-refractivity contribution in [3.8, 4) is 23.6 Å². The highest BCUT2D eigenvalue weighted by atomic mass is 16.7. The number of benzene rings is 1. The first-order valence-corrected chi connectivity index (χ1v) is 13.3. The highest BCUT2D eigenvalue weighted by Gasteiger charge is 2.32. The third-order valence-corrected chi connectivity index (χ3v) is 7.51. The van der Waals surface area contributed by atoms with Crippen molar-refractivity contribution in [1.82, 2.24) is 9.55 Å². The molecule has 0 spiro atoms. The van der Waals surface area contributed by atoms with Gasteiger partial charge in [0.15, 0.2) is 11.5 Å². The number of hydrogen-bond donors (Lipinski definition) is 0. The van der Waals surface area contributed by atoms with Crippen molar-refractivity contribution >= 4 is 22.4 Å². The fourth-order valence-corrected chi connectivity index (χ4v) is 5.42. The van der Waals surface area contributed by atoms with Gasteiger partial charge in [-0.05, 0) is 76.8 Å². The first kappa shape index (κ1) is 27.0. The molecule has 5 rings (SSSR count). The van der Waals surface area contributed by atoms with Crippen LogP contribution in [0.25, 0.3) is 11.0 Å². The number of nitriles is 2. The average Bonchev–Trinajstić information content (AvgIpc) is 3.42. The molecule has 0 bridgehead atoms.